The number of amides is 1. The van der Waals surface area contributed by atoms with Crippen LogP contribution in [-0.4, -0.2) is 22.9 Å². The second-order valence-corrected chi connectivity index (χ2v) is 5.26. The maximum absolute atomic E-state index is 12.5. The Labute approximate surface area is 109 Å². The van der Waals surface area contributed by atoms with Gasteiger partial charge in [-0.05, 0) is 38.7 Å². The average Bonchev–Trinajstić information content (AvgIpc) is 2.38. The Morgan fingerprint density at radius 1 is 1.22 bits per heavy atom. The van der Waals surface area contributed by atoms with Gasteiger partial charge in [0, 0.05) is 12.1 Å². The van der Waals surface area contributed by atoms with E-state index in [0.717, 1.165) is 18.4 Å². The first-order chi connectivity index (χ1) is 8.61. The molecule has 3 atom stereocenters. The van der Waals surface area contributed by atoms with Crippen molar-refractivity contribution in [3.05, 3.63) is 35.9 Å². The Morgan fingerprint density at radius 2 is 1.78 bits per heavy atom. The standard InChI is InChI=1S/C15H22N2O/c1-11-7-6-8-12(2)17(11)15(18)14(16)13-9-4-3-5-10-13/h3-5,9-12,14H,6-8,16H2,1-2H3/t11?,12?,14-/m0/s1. The number of likely N-dealkylation sites (tertiary alicyclic amines) is 1. The Hall–Kier alpha value is -1.35. The maximum Gasteiger partial charge on any atom is 0.244 e. The van der Waals surface area contributed by atoms with Crippen LogP contribution in [0.5, 0.6) is 0 Å². The van der Waals surface area contributed by atoms with Gasteiger partial charge in [-0.15, -0.1) is 0 Å². The van der Waals surface area contributed by atoms with Gasteiger partial charge in [-0.3, -0.25) is 4.79 Å². The predicted molar refractivity (Wildman–Crippen MR) is 73.0 cm³/mol. The van der Waals surface area contributed by atoms with Gasteiger partial charge in [0.1, 0.15) is 6.04 Å². The minimum absolute atomic E-state index is 0.0564. The van der Waals surface area contributed by atoms with Crippen molar-refractivity contribution in [1.82, 2.24) is 4.90 Å². The lowest BCUT2D eigenvalue weighted by molar-refractivity contribution is -0.138. The van der Waals surface area contributed by atoms with Crippen LogP contribution in [-0.2, 0) is 4.79 Å². The van der Waals surface area contributed by atoms with E-state index >= 15 is 0 Å². The van der Waals surface area contributed by atoms with Crippen molar-refractivity contribution in [1.29, 1.82) is 0 Å². The number of benzene rings is 1. The second kappa shape index (κ2) is 5.53. The molecule has 0 spiro atoms. The van der Waals surface area contributed by atoms with Crippen molar-refractivity contribution >= 4 is 5.91 Å². The van der Waals surface area contributed by atoms with Crippen LogP contribution in [0.4, 0.5) is 0 Å². The van der Waals surface area contributed by atoms with Crippen molar-refractivity contribution in [2.45, 2.75) is 51.2 Å². The number of carbonyl (C=O) groups excluding carboxylic acids is 1. The van der Waals surface area contributed by atoms with Crippen LogP contribution >= 0.6 is 0 Å². The van der Waals surface area contributed by atoms with Crippen LogP contribution < -0.4 is 5.73 Å². The third kappa shape index (κ3) is 2.56. The Kier molecular flexibility index (Phi) is 4.02. The molecular weight excluding hydrogens is 224 g/mol. The third-order valence-corrected chi connectivity index (χ3v) is 3.87. The summed E-state index contributed by atoms with van der Waals surface area (Å²) >= 11 is 0. The third-order valence-electron chi connectivity index (χ3n) is 3.87. The lowest BCUT2D eigenvalue weighted by Crippen LogP contribution is -2.50. The number of piperidine rings is 1. The highest BCUT2D eigenvalue weighted by atomic mass is 16.2. The van der Waals surface area contributed by atoms with E-state index in [0.29, 0.717) is 12.1 Å². The van der Waals surface area contributed by atoms with Crippen LogP contribution in [0.15, 0.2) is 30.3 Å². The van der Waals surface area contributed by atoms with E-state index in [1.807, 2.05) is 35.2 Å². The van der Waals surface area contributed by atoms with E-state index in [1.54, 1.807) is 0 Å². The van der Waals surface area contributed by atoms with Gasteiger partial charge in [-0.1, -0.05) is 30.3 Å². The molecule has 1 saturated heterocycles. The predicted octanol–water partition coefficient (Wildman–Crippen LogP) is 2.48. The summed E-state index contributed by atoms with van der Waals surface area (Å²) in [6.45, 7) is 4.23. The van der Waals surface area contributed by atoms with E-state index in [1.165, 1.54) is 6.42 Å². The second-order valence-electron chi connectivity index (χ2n) is 5.26. The molecule has 1 amide bonds. The fourth-order valence-corrected chi connectivity index (χ4v) is 2.82. The van der Waals surface area contributed by atoms with E-state index in [2.05, 4.69) is 13.8 Å². The summed E-state index contributed by atoms with van der Waals surface area (Å²) < 4.78 is 0. The van der Waals surface area contributed by atoms with E-state index in [4.69, 9.17) is 5.73 Å². The van der Waals surface area contributed by atoms with Gasteiger partial charge < -0.3 is 10.6 Å². The summed E-state index contributed by atoms with van der Waals surface area (Å²) in [7, 11) is 0. The molecule has 3 nitrogen and oxygen atoms in total. The Balaban J connectivity index is 2.15. The highest BCUT2D eigenvalue weighted by Gasteiger charge is 2.32. The van der Waals surface area contributed by atoms with Gasteiger partial charge in [0.15, 0.2) is 0 Å². The quantitative estimate of drug-likeness (QED) is 0.871. The Bertz CT molecular complexity index is 394. The zero-order chi connectivity index (χ0) is 13.1. The number of nitrogens with zero attached hydrogens (tertiary/aromatic N) is 1. The Morgan fingerprint density at radius 3 is 2.33 bits per heavy atom. The summed E-state index contributed by atoms with van der Waals surface area (Å²) in [5, 5.41) is 0. The molecule has 18 heavy (non-hydrogen) atoms. The van der Waals surface area contributed by atoms with Gasteiger partial charge >= 0.3 is 0 Å². The normalized spacial score (nSPS) is 25.8. The maximum atomic E-state index is 12.5. The molecule has 98 valence electrons. The fraction of sp³-hybridized carbons (Fsp3) is 0.533. The number of nitrogens with two attached hydrogens (primary N) is 1. The van der Waals surface area contributed by atoms with Gasteiger partial charge in [0.25, 0.3) is 0 Å². The highest BCUT2D eigenvalue weighted by molar-refractivity contribution is 5.83. The fourth-order valence-electron chi connectivity index (χ4n) is 2.82. The minimum atomic E-state index is -0.533. The summed E-state index contributed by atoms with van der Waals surface area (Å²) in [6.07, 6.45) is 3.36. The van der Waals surface area contributed by atoms with Crippen LogP contribution in [0.3, 0.4) is 0 Å². The molecule has 2 unspecified atom stereocenters. The van der Waals surface area contributed by atoms with Crippen LogP contribution in [0, 0.1) is 0 Å². The highest BCUT2D eigenvalue weighted by Crippen LogP contribution is 2.25. The molecule has 0 aromatic heterocycles. The zero-order valence-corrected chi connectivity index (χ0v) is 11.2. The van der Waals surface area contributed by atoms with Crippen LogP contribution in [0.25, 0.3) is 0 Å². The summed E-state index contributed by atoms with van der Waals surface area (Å²) in [6, 6.07) is 9.69. The summed E-state index contributed by atoms with van der Waals surface area (Å²) in [4.78, 5) is 14.5. The molecule has 1 aliphatic heterocycles. The lowest BCUT2D eigenvalue weighted by Gasteiger charge is -2.40. The molecule has 1 heterocycles. The topological polar surface area (TPSA) is 46.3 Å². The van der Waals surface area contributed by atoms with Crippen molar-refractivity contribution in [2.75, 3.05) is 0 Å². The molecule has 1 aromatic carbocycles. The van der Waals surface area contributed by atoms with E-state index < -0.39 is 6.04 Å². The lowest BCUT2D eigenvalue weighted by atomic mass is 9.95. The summed E-state index contributed by atoms with van der Waals surface area (Å²) in [5.41, 5.74) is 7.00. The smallest absolute Gasteiger partial charge is 0.244 e. The molecule has 2 N–H and O–H groups in total. The molecule has 1 aliphatic rings. The average molecular weight is 246 g/mol. The number of carbonyl (C=O) groups is 1. The molecule has 1 aromatic rings. The molecule has 1 fully saturated rings. The van der Waals surface area contributed by atoms with Crippen molar-refractivity contribution in [3.8, 4) is 0 Å². The van der Waals surface area contributed by atoms with Gasteiger partial charge in [-0.25, -0.2) is 0 Å². The van der Waals surface area contributed by atoms with Gasteiger partial charge in [-0.2, -0.15) is 0 Å². The van der Waals surface area contributed by atoms with Gasteiger partial charge in [0.2, 0.25) is 5.91 Å². The van der Waals surface area contributed by atoms with Crippen LogP contribution in [0.1, 0.15) is 44.7 Å². The molecule has 2 rings (SSSR count). The molecule has 0 aliphatic carbocycles. The number of hydrogen-bond acceptors (Lipinski definition) is 2. The summed E-state index contributed by atoms with van der Waals surface area (Å²) in [5.74, 6) is 0.0564. The number of rotatable bonds is 2. The first kappa shape index (κ1) is 13.1. The van der Waals surface area contributed by atoms with Crippen molar-refractivity contribution in [3.63, 3.8) is 0 Å². The van der Waals surface area contributed by atoms with Crippen LogP contribution in [0.2, 0.25) is 0 Å². The molecule has 0 saturated carbocycles. The monoisotopic (exact) mass is 246 g/mol. The molecular formula is C15H22N2O. The molecule has 0 radical (unpaired) electrons. The first-order valence-corrected chi connectivity index (χ1v) is 6.74. The van der Waals surface area contributed by atoms with Gasteiger partial charge in [0.05, 0.1) is 0 Å². The van der Waals surface area contributed by atoms with Crippen molar-refractivity contribution in [2.24, 2.45) is 5.73 Å². The van der Waals surface area contributed by atoms with E-state index in [-0.39, 0.29) is 5.91 Å². The zero-order valence-electron chi connectivity index (χ0n) is 11.2. The molecule has 3 heteroatoms. The van der Waals surface area contributed by atoms with E-state index in [9.17, 15) is 4.79 Å². The first-order valence-electron chi connectivity index (χ1n) is 6.74. The SMILES string of the molecule is CC1CCCC(C)N1C(=O)[C@@H](N)c1ccccc1. The number of hydrogen-bond donors (Lipinski definition) is 1. The molecule has 0 bridgehead atoms. The minimum Gasteiger partial charge on any atom is -0.336 e. The largest absolute Gasteiger partial charge is 0.336 e. The van der Waals surface area contributed by atoms with Crippen molar-refractivity contribution < 1.29 is 4.79 Å².